The molecule has 0 amide bonds. The van der Waals surface area contributed by atoms with E-state index in [1.807, 2.05) is 0 Å². The van der Waals surface area contributed by atoms with Gasteiger partial charge in [0.25, 0.3) is 0 Å². The Balaban J connectivity index is 3.19. The molecule has 0 aliphatic heterocycles. The standard InChI is InChI=1S/C6H4ClNO/c7-6-5(4-9)2-1-3-8-6/h1-4H/i3D. The smallest absolute Gasteiger partial charge is 0.153 e. The third-order valence-corrected chi connectivity index (χ3v) is 1.17. The molecule has 1 rings (SSSR count). The van der Waals surface area contributed by atoms with Gasteiger partial charge < -0.3 is 0 Å². The van der Waals surface area contributed by atoms with Crippen molar-refractivity contribution in [2.24, 2.45) is 0 Å². The van der Waals surface area contributed by atoms with Gasteiger partial charge in [0, 0.05) is 6.17 Å². The summed E-state index contributed by atoms with van der Waals surface area (Å²) in [7, 11) is 0. The van der Waals surface area contributed by atoms with Crippen LogP contribution < -0.4 is 0 Å². The molecular weight excluding hydrogens is 138 g/mol. The number of hydrogen-bond acceptors (Lipinski definition) is 2. The van der Waals surface area contributed by atoms with Crippen LogP contribution in [0.5, 0.6) is 0 Å². The van der Waals surface area contributed by atoms with E-state index in [-0.39, 0.29) is 11.3 Å². The van der Waals surface area contributed by atoms with E-state index < -0.39 is 0 Å². The van der Waals surface area contributed by atoms with Crippen LogP contribution in [-0.4, -0.2) is 11.3 Å². The first-order chi connectivity index (χ1) is 4.74. The fourth-order valence-electron chi connectivity index (χ4n) is 0.442. The molecule has 9 heavy (non-hydrogen) atoms. The van der Waals surface area contributed by atoms with Gasteiger partial charge in [-0.1, -0.05) is 11.6 Å². The molecule has 0 N–H and O–H groups in total. The molecule has 3 heteroatoms. The van der Waals surface area contributed by atoms with E-state index in [1.165, 1.54) is 12.1 Å². The molecule has 0 bridgehead atoms. The van der Waals surface area contributed by atoms with Crippen LogP contribution in [-0.2, 0) is 0 Å². The van der Waals surface area contributed by atoms with E-state index in [0.717, 1.165) is 0 Å². The lowest BCUT2D eigenvalue weighted by Crippen LogP contribution is -1.82. The number of aldehydes is 1. The zero-order chi connectivity index (χ0) is 7.56. The van der Waals surface area contributed by atoms with Crippen molar-refractivity contribution in [1.82, 2.24) is 4.98 Å². The van der Waals surface area contributed by atoms with Gasteiger partial charge in [0.1, 0.15) is 5.15 Å². The molecule has 1 heterocycles. The lowest BCUT2D eigenvalue weighted by atomic mass is 10.3. The van der Waals surface area contributed by atoms with E-state index in [4.69, 9.17) is 13.0 Å². The van der Waals surface area contributed by atoms with Crippen molar-refractivity contribution in [3.8, 4) is 0 Å². The minimum Gasteiger partial charge on any atom is -0.298 e. The summed E-state index contributed by atoms with van der Waals surface area (Å²) in [6.07, 6.45) is 0.671. The maximum absolute atomic E-state index is 10.2. The summed E-state index contributed by atoms with van der Waals surface area (Å²) in [5.74, 6) is 0. The van der Waals surface area contributed by atoms with Crippen molar-refractivity contribution in [3.63, 3.8) is 0 Å². The summed E-state index contributed by atoms with van der Waals surface area (Å²) in [6, 6.07) is 2.88. The van der Waals surface area contributed by atoms with E-state index in [1.54, 1.807) is 0 Å². The molecule has 0 aliphatic carbocycles. The van der Waals surface area contributed by atoms with Gasteiger partial charge in [0.2, 0.25) is 0 Å². The van der Waals surface area contributed by atoms with Gasteiger partial charge in [-0.2, -0.15) is 0 Å². The van der Waals surface area contributed by atoms with Gasteiger partial charge in [-0.25, -0.2) is 4.98 Å². The molecule has 1 aromatic heterocycles. The minimum absolute atomic E-state index is 0.0654. The second kappa shape index (κ2) is 2.60. The number of nitrogens with zero attached hydrogens (tertiary/aromatic N) is 1. The second-order valence-corrected chi connectivity index (χ2v) is 1.80. The Morgan fingerprint density at radius 1 is 1.89 bits per heavy atom. The molecule has 0 fully saturated rings. The summed E-state index contributed by atoms with van der Waals surface area (Å²) < 4.78 is 7.00. The third-order valence-electron chi connectivity index (χ3n) is 0.865. The molecule has 0 radical (unpaired) electrons. The first-order valence-corrected chi connectivity index (χ1v) is 2.70. The van der Waals surface area contributed by atoms with Crippen LogP contribution in [0.4, 0.5) is 0 Å². The summed E-state index contributed by atoms with van der Waals surface area (Å²) in [5.41, 5.74) is 0.317. The second-order valence-electron chi connectivity index (χ2n) is 1.44. The summed E-state index contributed by atoms with van der Waals surface area (Å²) in [5, 5.41) is 0.0856. The van der Waals surface area contributed by atoms with Crippen LogP contribution >= 0.6 is 11.6 Å². The predicted octanol–water partition coefficient (Wildman–Crippen LogP) is 1.55. The SMILES string of the molecule is [2H]c1ccc(C=O)c(Cl)n1. The monoisotopic (exact) mass is 142 g/mol. The van der Waals surface area contributed by atoms with Crippen molar-refractivity contribution in [3.05, 3.63) is 29.0 Å². The molecule has 0 unspecified atom stereocenters. The quantitative estimate of drug-likeness (QED) is 0.440. The summed E-state index contributed by atoms with van der Waals surface area (Å²) in [6.45, 7) is 0. The summed E-state index contributed by atoms with van der Waals surface area (Å²) >= 11 is 5.47. The molecule has 0 aliphatic rings. The Bertz CT molecular complexity index is 264. The Morgan fingerprint density at radius 3 is 3.22 bits per heavy atom. The highest BCUT2D eigenvalue weighted by Crippen LogP contribution is 2.07. The third kappa shape index (κ3) is 1.27. The van der Waals surface area contributed by atoms with Crippen molar-refractivity contribution in [2.45, 2.75) is 0 Å². The highest BCUT2D eigenvalue weighted by atomic mass is 35.5. The van der Waals surface area contributed by atoms with Gasteiger partial charge in [-0.05, 0) is 12.1 Å². The zero-order valence-corrected chi connectivity index (χ0v) is 5.22. The average Bonchev–Trinajstić information content (AvgIpc) is 1.88. The zero-order valence-electron chi connectivity index (χ0n) is 5.47. The van der Waals surface area contributed by atoms with Crippen LogP contribution in [0.2, 0.25) is 5.15 Å². The van der Waals surface area contributed by atoms with Crippen LogP contribution in [0.25, 0.3) is 0 Å². The van der Waals surface area contributed by atoms with Crippen LogP contribution in [0.3, 0.4) is 0 Å². The molecule has 0 saturated carbocycles. The number of halogens is 1. The Morgan fingerprint density at radius 2 is 2.67 bits per heavy atom. The van der Waals surface area contributed by atoms with Gasteiger partial charge in [-0.15, -0.1) is 0 Å². The largest absolute Gasteiger partial charge is 0.298 e. The van der Waals surface area contributed by atoms with Crippen LogP contribution in [0, 0.1) is 0 Å². The fraction of sp³-hybridized carbons (Fsp3) is 0. The lowest BCUT2D eigenvalue weighted by molar-refractivity contribution is 0.112. The van der Waals surface area contributed by atoms with Crippen molar-refractivity contribution < 1.29 is 6.17 Å². The fourth-order valence-corrected chi connectivity index (χ4v) is 0.599. The predicted molar refractivity (Wildman–Crippen MR) is 34.6 cm³/mol. The number of rotatable bonds is 1. The topological polar surface area (TPSA) is 30.0 Å². The number of pyridine rings is 1. The number of hydrogen-bond donors (Lipinski definition) is 0. The highest BCUT2D eigenvalue weighted by Gasteiger charge is 1.94. The molecule has 0 saturated heterocycles. The molecule has 0 spiro atoms. The lowest BCUT2D eigenvalue weighted by Gasteiger charge is -1.89. The molecule has 0 atom stereocenters. The van der Waals surface area contributed by atoms with Crippen LogP contribution in [0.1, 0.15) is 11.7 Å². The number of aromatic nitrogens is 1. The highest BCUT2D eigenvalue weighted by molar-refractivity contribution is 6.31. The molecular formula is C6H4ClNO. The number of carbonyl (C=O) groups is 1. The van der Waals surface area contributed by atoms with E-state index >= 15 is 0 Å². The van der Waals surface area contributed by atoms with Crippen molar-refractivity contribution in [1.29, 1.82) is 0 Å². The van der Waals surface area contributed by atoms with Gasteiger partial charge in [0.05, 0.1) is 6.93 Å². The molecule has 2 nitrogen and oxygen atoms in total. The van der Waals surface area contributed by atoms with E-state index in [0.29, 0.717) is 11.8 Å². The van der Waals surface area contributed by atoms with Gasteiger partial charge in [0.15, 0.2) is 6.29 Å². The maximum Gasteiger partial charge on any atom is 0.153 e. The van der Waals surface area contributed by atoms with E-state index in [9.17, 15) is 4.79 Å². The van der Waals surface area contributed by atoms with Gasteiger partial charge >= 0.3 is 0 Å². The maximum atomic E-state index is 10.2. The first kappa shape index (κ1) is 4.94. The normalized spacial score (nSPS) is 10.6. The number of carbonyl (C=O) groups excluding carboxylic acids is 1. The van der Waals surface area contributed by atoms with E-state index in [2.05, 4.69) is 4.98 Å². The average molecular weight is 143 g/mol. The van der Waals surface area contributed by atoms with Crippen LogP contribution in [0.15, 0.2) is 18.3 Å². The molecule has 1 aromatic rings. The minimum atomic E-state index is 0.0654. The Hall–Kier alpha value is -0.890. The summed E-state index contributed by atoms with van der Waals surface area (Å²) in [4.78, 5) is 13.7. The van der Waals surface area contributed by atoms with Crippen molar-refractivity contribution >= 4 is 17.9 Å². The van der Waals surface area contributed by atoms with Crippen molar-refractivity contribution in [2.75, 3.05) is 0 Å². The first-order valence-electron chi connectivity index (χ1n) is 2.82. The van der Waals surface area contributed by atoms with Gasteiger partial charge in [-0.3, -0.25) is 4.79 Å². The molecule has 0 aromatic carbocycles. The Labute approximate surface area is 58.9 Å². The molecule has 46 valence electrons. The Kier molecular flexibility index (Phi) is 1.43.